The molecule has 0 aromatic heterocycles. The first-order valence-corrected chi connectivity index (χ1v) is 2.04. The van der Waals surface area contributed by atoms with Crippen LogP contribution >= 0.6 is 0 Å². The van der Waals surface area contributed by atoms with Crippen molar-refractivity contribution in [1.82, 2.24) is 0 Å². The second kappa shape index (κ2) is 6.20. The van der Waals surface area contributed by atoms with Gasteiger partial charge >= 0.3 is 31.1 Å². The summed E-state index contributed by atoms with van der Waals surface area (Å²) in [5, 5.41) is 8.61. The van der Waals surface area contributed by atoms with E-state index in [-0.39, 0.29) is 38.5 Å². The molecule has 1 N–H and O–H groups in total. The molecular weight excluding hydrogens is 338 g/mol. The summed E-state index contributed by atoms with van der Waals surface area (Å²) < 4.78 is 0. The number of benzene rings is 1. The first kappa shape index (κ1) is 11.8. The van der Waals surface area contributed by atoms with Gasteiger partial charge in [-0.2, -0.15) is 18.2 Å². The molecule has 0 aliphatic rings. The van der Waals surface area contributed by atoms with Crippen LogP contribution in [0.1, 0.15) is 0 Å². The second-order valence-electron chi connectivity index (χ2n) is 1.26. The van der Waals surface area contributed by atoms with Crippen LogP contribution in [0, 0.1) is 44.6 Å². The minimum Gasteiger partial charge on any atom is -0.533 e. The van der Waals surface area contributed by atoms with E-state index in [1.165, 1.54) is 0 Å². The minimum absolute atomic E-state index is 0. The number of phenols is 1. The van der Waals surface area contributed by atoms with Crippen molar-refractivity contribution in [1.29, 1.82) is 0 Å². The maximum Gasteiger partial charge on any atom is 2.00 e. The molecule has 0 fully saturated rings. The van der Waals surface area contributed by atoms with Crippen molar-refractivity contribution in [3.63, 3.8) is 0 Å². The smallest absolute Gasteiger partial charge is 0.533 e. The van der Waals surface area contributed by atoms with E-state index in [0.717, 1.165) is 0 Å². The number of rotatable bonds is 0. The summed E-state index contributed by atoms with van der Waals surface area (Å²) >= 11 is 0. The Morgan fingerprint density at radius 1 is 1.22 bits per heavy atom. The molecule has 0 atom stereocenters. The fourth-order valence-electron chi connectivity index (χ4n) is 0.378. The molecule has 0 radical (unpaired) electrons. The zero-order valence-electron chi connectivity index (χ0n) is 5.26. The predicted molar refractivity (Wildman–Crippen MR) is 33.4 cm³/mol. The molecule has 0 saturated carbocycles. The van der Waals surface area contributed by atoms with Crippen molar-refractivity contribution in [2.45, 2.75) is 0 Å². The van der Waals surface area contributed by atoms with Crippen LogP contribution in [0.15, 0.2) is 24.3 Å². The molecule has 1 nitrogen and oxygen atoms in total. The maximum atomic E-state index is 8.61. The van der Waals surface area contributed by atoms with Gasteiger partial charge in [0.15, 0.2) is 0 Å². The normalized spacial score (nSPS) is 6.67. The van der Waals surface area contributed by atoms with Crippen LogP contribution in [-0.4, -0.2) is 5.11 Å². The average Bonchev–Trinajstić information content (AvgIpc) is 1.69. The van der Waals surface area contributed by atoms with E-state index in [1.807, 2.05) is 0 Å². The van der Waals surface area contributed by atoms with E-state index in [4.69, 9.17) is 5.11 Å². The Hall–Kier alpha value is 0.0719. The van der Waals surface area contributed by atoms with E-state index in [2.05, 4.69) is 6.07 Å². The Morgan fingerprint density at radius 2 is 1.67 bits per heavy atom. The summed E-state index contributed by atoms with van der Waals surface area (Å²) in [5.41, 5.74) is 0. The topological polar surface area (TPSA) is 20.2 Å². The first-order valence-electron chi connectivity index (χ1n) is 2.04. The molecule has 1 aromatic rings. The summed E-state index contributed by atoms with van der Waals surface area (Å²) in [6, 6.07) is 9.26. The van der Waals surface area contributed by atoms with Crippen LogP contribution in [0.25, 0.3) is 0 Å². The molecule has 1 rings (SSSR count). The van der Waals surface area contributed by atoms with Gasteiger partial charge in [0.25, 0.3) is 0 Å². The Labute approximate surface area is 79.5 Å². The largest absolute Gasteiger partial charge is 2.00 e. The Bertz CT molecular complexity index is 139. The van der Waals surface area contributed by atoms with E-state index >= 15 is 0 Å². The summed E-state index contributed by atoms with van der Waals surface area (Å²) in [7, 11) is 0. The molecule has 0 unspecified atom stereocenters. The Balaban J connectivity index is 0. The van der Waals surface area contributed by atoms with Gasteiger partial charge in [-0.3, -0.25) is 0 Å². The average molecular weight is 346 g/mol. The van der Waals surface area contributed by atoms with Crippen molar-refractivity contribution in [3.8, 4) is 5.75 Å². The number of aromatic hydroxyl groups is 1. The van der Waals surface area contributed by atoms with Gasteiger partial charge < -0.3 is 12.5 Å². The third-order valence-electron chi connectivity index (χ3n) is 0.701. The standard InChI is InChI=1S/C6H5O.CH3.U/c7-6-4-2-1-3-5-6;;/h2-5,7H;1H3;/q2*-1;+2. The molecular formula is C7H8OU. The number of hydrogen-bond donors (Lipinski definition) is 1. The maximum absolute atomic E-state index is 8.61. The van der Waals surface area contributed by atoms with Crippen LogP contribution in [0.2, 0.25) is 0 Å². The Morgan fingerprint density at radius 3 is 1.89 bits per heavy atom. The summed E-state index contributed by atoms with van der Waals surface area (Å²) in [4.78, 5) is 0. The van der Waals surface area contributed by atoms with Crippen LogP contribution in [-0.2, 0) is 0 Å². The summed E-state index contributed by atoms with van der Waals surface area (Å²) in [6.45, 7) is 0. The zero-order valence-corrected chi connectivity index (χ0v) is 9.42. The molecule has 0 heterocycles. The molecule has 9 heavy (non-hydrogen) atoms. The first-order chi connectivity index (χ1) is 3.39. The fourth-order valence-corrected chi connectivity index (χ4v) is 0.378. The molecule has 1 aromatic carbocycles. The molecule has 2 heteroatoms. The monoisotopic (exact) mass is 346 g/mol. The molecule has 0 aliphatic heterocycles. The third kappa shape index (κ3) is 4.57. The van der Waals surface area contributed by atoms with Crippen molar-refractivity contribution in [2.24, 2.45) is 0 Å². The molecule has 0 spiro atoms. The molecule has 0 bridgehead atoms. The van der Waals surface area contributed by atoms with Gasteiger partial charge in [-0.15, -0.1) is 12.1 Å². The van der Waals surface area contributed by atoms with Crippen LogP contribution in [0.5, 0.6) is 5.75 Å². The SMILES string of the molecule is Oc1cc[c-]cc1.[CH3-].[U+2]. The van der Waals surface area contributed by atoms with E-state index in [0.29, 0.717) is 5.75 Å². The summed E-state index contributed by atoms with van der Waals surface area (Å²) in [6.07, 6.45) is 0. The molecule has 0 saturated heterocycles. The van der Waals surface area contributed by atoms with Gasteiger partial charge in [0.1, 0.15) is 0 Å². The third-order valence-corrected chi connectivity index (χ3v) is 0.701. The van der Waals surface area contributed by atoms with E-state index in [1.54, 1.807) is 24.3 Å². The fraction of sp³-hybridized carbons (Fsp3) is 0. The predicted octanol–water partition coefficient (Wildman–Crippen LogP) is 1.64. The minimum atomic E-state index is 0. The van der Waals surface area contributed by atoms with Crippen LogP contribution < -0.4 is 0 Å². The Kier molecular flexibility index (Phi) is 8.14. The number of hydrogen-bond acceptors (Lipinski definition) is 1. The second-order valence-corrected chi connectivity index (χ2v) is 1.26. The van der Waals surface area contributed by atoms with Gasteiger partial charge in [0.05, 0.1) is 0 Å². The van der Waals surface area contributed by atoms with Gasteiger partial charge in [-0.1, -0.05) is 0 Å². The van der Waals surface area contributed by atoms with Crippen molar-refractivity contribution >= 4 is 0 Å². The quantitative estimate of drug-likeness (QED) is 0.709. The molecule has 46 valence electrons. The summed E-state index contributed by atoms with van der Waals surface area (Å²) in [5.74, 6) is 0.291. The van der Waals surface area contributed by atoms with Crippen molar-refractivity contribution in [3.05, 3.63) is 37.8 Å². The number of phenolic OH excluding ortho intramolecular Hbond substituents is 1. The van der Waals surface area contributed by atoms with Crippen LogP contribution in [0.4, 0.5) is 0 Å². The van der Waals surface area contributed by atoms with Crippen molar-refractivity contribution < 1.29 is 36.2 Å². The van der Waals surface area contributed by atoms with Gasteiger partial charge in [-0.25, -0.2) is 0 Å². The van der Waals surface area contributed by atoms with Crippen LogP contribution in [0.3, 0.4) is 0 Å². The molecule has 0 amide bonds. The van der Waals surface area contributed by atoms with Gasteiger partial charge in [0.2, 0.25) is 0 Å². The van der Waals surface area contributed by atoms with Crippen molar-refractivity contribution in [2.75, 3.05) is 0 Å². The molecule has 0 aliphatic carbocycles. The zero-order chi connectivity index (χ0) is 5.11. The van der Waals surface area contributed by atoms with E-state index in [9.17, 15) is 0 Å². The van der Waals surface area contributed by atoms with Gasteiger partial charge in [0, 0.05) is 5.75 Å². The van der Waals surface area contributed by atoms with Gasteiger partial charge in [-0.05, 0) is 0 Å². The van der Waals surface area contributed by atoms with E-state index < -0.39 is 0 Å².